The Morgan fingerprint density at radius 1 is 1.06 bits per heavy atom. The molecule has 0 spiro atoms. The van der Waals surface area contributed by atoms with Gasteiger partial charge in [-0.2, -0.15) is 5.10 Å². The summed E-state index contributed by atoms with van der Waals surface area (Å²) in [7, 11) is 0. The maximum absolute atomic E-state index is 12.6. The fourth-order valence-corrected chi connectivity index (χ4v) is 3.92. The van der Waals surface area contributed by atoms with E-state index in [-0.39, 0.29) is 23.8 Å². The van der Waals surface area contributed by atoms with Gasteiger partial charge in [0.25, 0.3) is 5.91 Å². The standard InChI is InChI=1S/C25H26N4O3/c30-24(18-8-10-21(11-9-18)27-25(31)19-6-7-19)26-14-22-23-20(12-13-32-22)16-29(28-23)15-17-4-2-1-3-5-17/h1-5,8-11,16,19,22H,6-7,12-15H2,(H,26,30)(H,27,31). The van der Waals surface area contributed by atoms with Crippen LogP contribution in [-0.4, -0.2) is 34.7 Å². The fraction of sp³-hybridized carbons (Fsp3) is 0.320. The molecule has 7 nitrogen and oxygen atoms in total. The van der Waals surface area contributed by atoms with Crippen LogP contribution in [0.15, 0.2) is 60.8 Å². The Morgan fingerprint density at radius 3 is 2.59 bits per heavy atom. The van der Waals surface area contributed by atoms with Crippen molar-refractivity contribution in [1.29, 1.82) is 0 Å². The second kappa shape index (κ2) is 8.96. The van der Waals surface area contributed by atoms with Crippen molar-refractivity contribution >= 4 is 17.5 Å². The largest absolute Gasteiger partial charge is 0.370 e. The van der Waals surface area contributed by atoms with Gasteiger partial charge in [-0.25, -0.2) is 0 Å². The number of hydrogen-bond acceptors (Lipinski definition) is 4. The molecule has 2 N–H and O–H groups in total. The molecule has 2 heterocycles. The molecule has 0 saturated heterocycles. The number of aromatic nitrogens is 2. The molecule has 7 heteroatoms. The fourth-order valence-electron chi connectivity index (χ4n) is 3.92. The maximum Gasteiger partial charge on any atom is 0.251 e. The van der Waals surface area contributed by atoms with Crippen LogP contribution in [0.2, 0.25) is 0 Å². The third kappa shape index (κ3) is 4.73. The van der Waals surface area contributed by atoms with Gasteiger partial charge in [0.05, 0.1) is 18.8 Å². The predicted molar refractivity (Wildman–Crippen MR) is 120 cm³/mol. The quantitative estimate of drug-likeness (QED) is 0.602. The van der Waals surface area contributed by atoms with Crippen LogP contribution in [0.4, 0.5) is 5.69 Å². The summed E-state index contributed by atoms with van der Waals surface area (Å²) in [5, 5.41) is 10.6. The molecule has 2 aliphatic rings. The van der Waals surface area contributed by atoms with Gasteiger partial charge in [-0.3, -0.25) is 14.3 Å². The molecule has 5 rings (SSSR count). The minimum absolute atomic E-state index is 0.0548. The van der Waals surface area contributed by atoms with Gasteiger partial charge in [0.15, 0.2) is 0 Å². The normalized spacial score (nSPS) is 17.4. The van der Waals surface area contributed by atoms with Gasteiger partial charge in [0.2, 0.25) is 5.91 Å². The number of fused-ring (bicyclic) bond motifs is 1. The lowest BCUT2D eigenvalue weighted by Gasteiger charge is -2.22. The molecule has 164 valence electrons. The summed E-state index contributed by atoms with van der Waals surface area (Å²) in [4.78, 5) is 24.5. The molecule has 2 amide bonds. The molecule has 1 atom stereocenters. The summed E-state index contributed by atoms with van der Waals surface area (Å²) in [6.45, 7) is 1.67. The summed E-state index contributed by atoms with van der Waals surface area (Å²) in [6.07, 6.45) is 4.55. The van der Waals surface area contributed by atoms with E-state index < -0.39 is 0 Å². The zero-order chi connectivity index (χ0) is 21.9. The minimum atomic E-state index is -0.267. The Bertz CT molecular complexity index is 1100. The second-order valence-corrected chi connectivity index (χ2v) is 8.38. The Morgan fingerprint density at radius 2 is 1.84 bits per heavy atom. The Kier molecular flexibility index (Phi) is 5.73. The SMILES string of the molecule is O=C(NCC1OCCc2cn(Cc3ccccc3)nc21)c1ccc(NC(=O)C2CC2)cc1. The highest BCUT2D eigenvalue weighted by atomic mass is 16.5. The zero-order valence-electron chi connectivity index (χ0n) is 17.8. The van der Waals surface area contributed by atoms with E-state index in [0.29, 0.717) is 30.9 Å². The number of ether oxygens (including phenoxy) is 1. The van der Waals surface area contributed by atoms with Gasteiger partial charge >= 0.3 is 0 Å². The number of nitrogens with one attached hydrogen (secondary N) is 2. The van der Waals surface area contributed by atoms with Gasteiger partial charge in [0, 0.05) is 29.9 Å². The number of rotatable bonds is 7. The number of carbonyl (C=O) groups excluding carboxylic acids is 2. The van der Waals surface area contributed by atoms with E-state index in [1.165, 1.54) is 11.1 Å². The van der Waals surface area contributed by atoms with Gasteiger partial charge in [0.1, 0.15) is 6.10 Å². The molecule has 0 radical (unpaired) electrons. The summed E-state index contributed by atoms with van der Waals surface area (Å²) >= 11 is 0. The van der Waals surface area contributed by atoms with Gasteiger partial charge < -0.3 is 15.4 Å². The Labute approximate surface area is 186 Å². The monoisotopic (exact) mass is 430 g/mol. The van der Waals surface area contributed by atoms with Crippen molar-refractivity contribution in [3.05, 3.63) is 83.2 Å². The first-order valence-electron chi connectivity index (χ1n) is 11.1. The van der Waals surface area contributed by atoms with Crippen molar-refractivity contribution in [3.63, 3.8) is 0 Å². The molecular weight excluding hydrogens is 404 g/mol. The average Bonchev–Trinajstić information content (AvgIpc) is 3.59. The van der Waals surface area contributed by atoms with Crippen LogP contribution in [0.25, 0.3) is 0 Å². The van der Waals surface area contributed by atoms with E-state index in [2.05, 4.69) is 29.0 Å². The van der Waals surface area contributed by atoms with E-state index in [4.69, 9.17) is 9.84 Å². The van der Waals surface area contributed by atoms with Crippen LogP contribution < -0.4 is 10.6 Å². The Balaban J connectivity index is 1.19. The number of hydrogen-bond donors (Lipinski definition) is 2. The highest BCUT2D eigenvalue weighted by Gasteiger charge is 2.29. The van der Waals surface area contributed by atoms with Crippen LogP contribution in [0.5, 0.6) is 0 Å². The van der Waals surface area contributed by atoms with Crippen molar-refractivity contribution in [3.8, 4) is 0 Å². The van der Waals surface area contributed by atoms with Crippen LogP contribution in [-0.2, 0) is 22.5 Å². The van der Waals surface area contributed by atoms with Gasteiger partial charge in [-0.1, -0.05) is 30.3 Å². The summed E-state index contributed by atoms with van der Waals surface area (Å²) in [5.74, 6) is 0.0261. The number of nitrogens with zero attached hydrogens (tertiary/aromatic N) is 2. The van der Waals surface area contributed by atoms with Gasteiger partial charge in [-0.05, 0) is 54.7 Å². The van der Waals surface area contributed by atoms with Crippen molar-refractivity contribution in [2.45, 2.75) is 31.9 Å². The summed E-state index contributed by atoms with van der Waals surface area (Å²) in [5.41, 5.74) is 4.51. The van der Waals surface area contributed by atoms with E-state index in [1.54, 1.807) is 24.3 Å². The van der Waals surface area contributed by atoms with Crippen LogP contribution >= 0.6 is 0 Å². The Hall–Kier alpha value is -3.45. The minimum Gasteiger partial charge on any atom is -0.370 e. The van der Waals surface area contributed by atoms with Crippen molar-refractivity contribution in [2.75, 3.05) is 18.5 Å². The molecule has 1 fully saturated rings. The first-order chi connectivity index (χ1) is 15.7. The molecule has 32 heavy (non-hydrogen) atoms. The lowest BCUT2D eigenvalue weighted by atomic mass is 10.1. The van der Waals surface area contributed by atoms with E-state index in [9.17, 15) is 9.59 Å². The van der Waals surface area contributed by atoms with Crippen LogP contribution in [0.3, 0.4) is 0 Å². The summed E-state index contributed by atoms with van der Waals surface area (Å²) in [6, 6.07) is 17.2. The van der Waals surface area contributed by atoms with Gasteiger partial charge in [-0.15, -0.1) is 0 Å². The molecule has 0 bridgehead atoms. The topological polar surface area (TPSA) is 85.2 Å². The van der Waals surface area contributed by atoms with E-state index >= 15 is 0 Å². The number of benzene rings is 2. The second-order valence-electron chi connectivity index (χ2n) is 8.38. The molecule has 3 aromatic rings. The van der Waals surface area contributed by atoms with Crippen LogP contribution in [0.1, 0.15) is 46.1 Å². The smallest absolute Gasteiger partial charge is 0.251 e. The highest BCUT2D eigenvalue weighted by molar-refractivity contribution is 5.96. The number of amides is 2. The molecule has 1 aliphatic carbocycles. The highest BCUT2D eigenvalue weighted by Crippen LogP contribution is 2.30. The predicted octanol–water partition coefficient (Wildman–Crippen LogP) is 3.32. The molecule has 1 aliphatic heterocycles. The van der Waals surface area contributed by atoms with E-state index in [1.807, 2.05) is 22.9 Å². The van der Waals surface area contributed by atoms with Crippen LogP contribution in [0, 0.1) is 5.92 Å². The average molecular weight is 431 g/mol. The van der Waals surface area contributed by atoms with E-state index in [0.717, 1.165) is 25.0 Å². The molecular formula is C25H26N4O3. The lowest BCUT2D eigenvalue weighted by Crippen LogP contribution is -2.32. The molecule has 1 unspecified atom stereocenters. The molecule has 1 saturated carbocycles. The first-order valence-corrected chi connectivity index (χ1v) is 11.1. The lowest BCUT2D eigenvalue weighted by molar-refractivity contribution is -0.117. The first kappa shape index (κ1) is 20.5. The molecule has 1 aromatic heterocycles. The third-order valence-electron chi connectivity index (χ3n) is 5.86. The van der Waals surface area contributed by atoms with Crippen molar-refractivity contribution < 1.29 is 14.3 Å². The van der Waals surface area contributed by atoms with Crippen molar-refractivity contribution in [2.24, 2.45) is 5.92 Å². The maximum atomic E-state index is 12.6. The zero-order valence-corrected chi connectivity index (χ0v) is 17.8. The van der Waals surface area contributed by atoms with Crippen molar-refractivity contribution in [1.82, 2.24) is 15.1 Å². The third-order valence-corrected chi connectivity index (χ3v) is 5.86. The molecule has 2 aromatic carbocycles. The summed E-state index contributed by atoms with van der Waals surface area (Å²) < 4.78 is 7.85. The number of anilines is 1. The number of carbonyl (C=O) groups is 2.